The van der Waals surface area contributed by atoms with Gasteiger partial charge in [0.05, 0.1) is 32.5 Å². The van der Waals surface area contributed by atoms with Crippen LogP contribution in [0, 0.1) is 0 Å². The fourth-order valence-electron chi connectivity index (χ4n) is 5.05. The van der Waals surface area contributed by atoms with E-state index >= 15 is 0 Å². The third-order valence-electron chi connectivity index (χ3n) is 7.84. The summed E-state index contributed by atoms with van der Waals surface area (Å²) in [7, 11) is 0. The van der Waals surface area contributed by atoms with Gasteiger partial charge < -0.3 is 99.9 Å². The minimum Gasteiger partial charge on any atom is -0.396 e. The summed E-state index contributed by atoms with van der Waals surface area (Å²) >= 11 is 0. The van der Waals surface area contributed by atoms with Crippen LogP contribution in [0.4, 0.5) is 0 Å². The molecule has 44 heavy (non-hydrogen) atoms. The zero-order valence-corrected chi connectivity index (χ0v) is 23.4. The van der Waals surface area contributed by atoms with Gasteiger partial charge in [-0.2, -0.15) is 0 Å². The number of hydrogen-bond donors (Lipinski definition) is 14. The first kappa shape index (κ1) is 37.7. The van der Waals surface area contributed by atoms with Crippen molar-refractivity contribution in [3.8, 4) is 0 Å². The molecule has 10 unspecified atom stereocenters. The average Bonchev–Trinajstić information content (AvgIpc) is 3.27. The van der Waals surface area contributed by atoms with Crippen LogP contribution in [0.15, 0.2) is 0 Å². The lowest BCUT2D eigenvalue weighted by Crippen LogP contribution is -2.62. The van der Waals surface area contributed by atoms with Crippen LogP contribution in [0.2, 0.25) is 0 Å². The van der Waals surface area contributed by atoms with Gasteiger partial charge in [-0.25, -0.2) is 0 Å². The molecule has 0 saturated carbocycles. The first-order valence-corrected chi connectivity index (χ1v) is 13.9. The Labute approximate surface area is 250 Å². The summed E-state index contributed by atoms with van der Waals surface area (Å²) in [5.41, 5.74) is 0. The standard InChI is InChI=1S/C24H44O20/c25-2-1-9(13(30)8(29)5-40-24(7-28)21(38)16(33)11(4-27)44-24)41-23-20(37)18(35)15(32)12(43-23)6-39-22-19(36)17(34)14(31)10(3-26)42-22/h8-23,25-38H,1-7H2/t8-,9+,10+,11+,12+,13-,14?,15?,16?,17?,18?,19?,20?,21?,22?,23?,24+/m0/s1. The summed E-state index contributed by atoms with van der Waals surface area (Å²) in [5.74, 6) is -2.27. The molecule has 14 N–H and O–H groups in total. The smallest absolute Gasteiger partial charge is 0.221 e. The van der Waals surface area contributed by atoms with E-state index in [9.17, 15) is 71.5 Å². The molecule has 3 heterocycles. The van der Waals surface area contributed by atoms with Crippen LogP contribution < -0.4 is 0 Å². The van der Waals surface area contributed by atoms with Crippen molar-refractivity contribution in [3.05, 3.63) is 0 Å². The van der Waals surface area contributed by atoms with Crippen LogP contribution in [0.1, 0.15) is 6.42 Å². The van der Waals surface area contributed by atoms with Crippen molar-refractivity contribution in [2.75, 3.05) is 39.6 Å². The van der Waals surface area contributed by atoms with Gasteiger partial charge in [-0.15, -0.1) is 0 Å². The number of hydrogen-bond acceptors (Lipinski definition) is 20. The van der Waals surface area contributed by atoms with Gasteiger partial charge in [-0.1, -0.05) is 0 Å². The summed E-state index contributed by atoms with van der Waals surface area (Å²) < 4.78 is 32.1. The van der Waals surface area contributed by atoms with Crippen LogP contribution in [0.25, 0.3) is 0 Å². The molecule has 20 nitrogen and oxygen atoms in total. The molecule has 17 atom stereocenters. The monoisotopic (exact) mass is 652 g/mol. The van der Waals surface area contributed by atoms with Gasteiger partial charge in [0.25, 0.3) is 0 Å². The zero-order valence-electron chi connectivity index (χ0n) is 23.4. The Morgan fingerprint density at radius 3 is 1.77 bits per heavy atom. The van der Waals surface area contributed by atoms with Crippen LogP contribution in [-0.4, -0.2) is 215 Å². The maximum Gasteiger partial charge on any atom is 0.221 e. The van der Waals surface area contributed by atoms with E-state index in [1.165, 1.54) is 0 Å². The Morgan fingerprint density at radius 2 is 1.23 bits per heavy atom. The van der Waals surface area contributed by atoms with Crippen molar-refractivity contribution in [2.24, 2.45) is 0 Å². The third-order valence-corrected chi connectivity index (χ3v) is 7.84. The predicted octanol–water partition coefficient (Wildman–Crippen LogP) is -9.08. The molecule has 0 radical (unpaired) electrons. The Bertz CT molecular complexity index is 855. The SMILES string of the molecule is OCC[C@@H](OC1O[C@H](COC2O[C@H](CO)C(O)C(O)C2O)C(O)C(O)C1O)[C@@H](O)[C@@H](O)CO[C@]1(CO)O[C@H](CO)C(O)C1O. The Morgan fingerprint density at radius 1 is 0.659 bits per heavy atom. The molecule has 0 bridgehead atoms. The lowest BCUT2D eigenvalue weighted by atomic mass is 9.98. The molecule has 0 aliphatic carbocycles. The quantitative estimate of drug-likeness (QED) is 0.0780. The highest BCUT2D eigenvalue weighted by molar-refractivity contribution is 4.97. The van der Waals surface area contributed by atoms with Crippen molar-refractivity contribution < 1.29 is 99.9 Å². The molecule has 0 amide bonds. The van der Waals surface area contributed by atoms with Gasteiger partial charge in [0.2, 0.25) is 5.79 Å². The van der Waals surface area contributed by atoms with Crippen molar-refractivity contribution >= 4 is 0 Å². The molecule has 20 heteroatoms. The first-order valence-electron chi connectivity index (χ1n) is 13.9. The Hall–Kier alpha value is -0.800. The lowest BCUT2D eigenvalue weighted by molar-refractivity contribution is -0.341. The van der Waals surface area contributed by atoms with Crippen molar-refractivity contribution in [2.45, 2.75) is 110 Å². The molecule has 0 aromatic carbocycles. The van der Waals surface area contributed by atoms with E-state index in [4.69, 9.17) is 28.4 Å². The van der Waals surface area contributed by atoms with E-state index in [1.807, 2.05) is 0 Å². The van der Waals surface area contributed by atoms with Crippen LogP contribution in [-0.2, 0) is 28.4 Å². The minimum absolute atomic E-state index is 0.384. The van der Waals surface area contributed by atoms with Crippen molar-refractivity contribution in [1.82, 2.24) is 0 Å². The van der Waals surface area contributed by atoms with Crippen molar-refractivity contribution in [1.29, 1.82) is 0 Å². The lowest BCUT2D eigenvalue weighted by Gasteiger charge is -2.43. The van der Waals surface area contributed by atoms with Crippen molar-refractivity contribution in [3.63, 3.8) is 0 Å². The molecule has 0 spiro atoms. The molecule has 3 aliphatic rings. The highest BCUT2D eigenvalue weighted by atomic mass is 16.7. The van der Waals surface area contributed by atoms with Gasteiger partial charge in [-0.3, -0.25) is 0 Å². The molecule has 0 aromatic heterocycles. The third kappa shape index (κ3) is 8.00. The normalized spacial score (nSPS) is 45.3. The first-order chi connectivity index (χ1) is 20.8. The Kier molecular flexibility index (Phi) is 14.0. The van der Waals surface area contributed by atoms with Gasteiger partial charge in [0, 0.05) is 6.61 Å². The van der Waals surface area contributed by atoms with E-state index in [0.29, 0.717) is 0 Å². The zero-order chi connectivity index (χ0) is 32.9. The van der Waals surface area contributed by atoms with E-state index < -0.39 is 143 Å². The predicted molar refractivity (Wildman–Crippen MR) is 135 cm³/mol. The highest BCUT2D eigenvalue weighted by Crippen LogP contribution is 2.33. The molecule has 3 aliphatic heterocycles. The summed E-state index contributed by atoms with van der Waals surface area (Å²) in [6.07, 6.45) is -27.7. The Balaban J connectivity index is 1.64. The summed E-state index contributed by atoms with van der Waals surface area (Å²) in [4.78, 5) is 0. The topological polar surface area (TPSA) is 339 Å². The maximum atomic E-state index is 10.7. The number of aliphatic hydroxyl groups excluding tert-OH is 14. The summed E-state index contributed by atoms with van der Waals surface area (Å²) in [6, 6.07) is 0. The molecule has 3 fully saturated rings. The molecule has 3 saturated heterocycles. The fraction of sp³-hybridized carbons (Fsp3) is 1.00. The molecule has 0 aromatic rings. The van der Waals surface area contributed by atoms with E-state index in [1.54, 1.807) is 0 Å². The van der Waals surface area contributed by atoms with Crippen LogP contribution in [0.5, 0.6) is 0 Å². The largest absolute Gasteiger partial charge is 0.396 e. The second-order valence-corrected chi connectivity index (χ2v) is 10.8. The van der Waals surface area contributed by atoms with Gasteiger partial charge in [-0.05, 0) is 6.42 Å². The molecular formula is C24H44O20. The molecular weight excluding hydrogens is 608 g/mol. The summed E-state index contributed by atoms with van der Waals surface area (Å²) in [5, 5.41) is 141. The summed E-state index contributed by atoms with van der Waals surface area (Å²) in [6.45, 7) is -4.63. The van der Waals surface area contributed by atoms with E-state index in [-0.39, 0.29) is 6.42 Å². The molecule has 260 valence electrons. The van der Waals surface area contributed by atoms with Gasteiger partial charge >= 0.3 is 0 Å². The number of rotatable bonds is 15. The van der Waals surface area contributed by atoms with E-state index in [0.717, 1.165) is 0 Å². The van der Waals surface area contributed by atoms with Crippen LogP contribution in [0.3, 0.4) is 0 Å². The van der Waals surface area contributed by atoms with Crippen LogP contribution >= 0.6 is 0 Å². The van der Waals surface area contributed by atoms with Gasteiger partial charge in [0.15, 0.2) is 12.6 Å². The highest BCUT2D eigenvalue weighted by Gasteiger charge is 2.55. The average molecular weight is 653 g/mol. The van der Waals surface area contributed by atoms with Gasteiger partial charge in [0.1, 0.15) is 86.0 Å². The second kappa shape index (κ2) is 16.3. The second-order valence-electron chi connectivity index (χ2n) is 10.8. The van der Waals surface area contributed by atoms with E-state index in [2.05, 4.69) is 0 Å². The minimum atomic E-state index is -2.27. The fourth-order valence-corrected chi connectivity index (χ4v) is 5.05. The molecule has 3 rings (SSSR count). The number of ether oxygens (including phenoxy) is 6. The maximum absolute atomic E-state index is 10.7. The number of aliphatic hydroxyl groups is 14.